The maximum atomic E-state index is 12.1. The minimum absolute atomic E-state index is 0.00151. The van der Waals surface area contributed by atoms with Gasteiger partial charge in [0.15, 0.2) is 5.78 Å². The van der Waals surface area contributed by atoms with Crippen molar-refractivity contribution in [2.24, 2.45) is 5.92 Å². The number of carbonyl (C=O) groups excluding carboxylic acids is 3. The highest BCUT2D eigenvalue weighted by Crippen LogP contribution is 2.24. The van der Waals surface area contributed by atoms with Crippen molar-refractivity contribution in [3.63, 3.8) is 0 Å². The van der Waals surface area contributed by atoms with Crippen LogP contribution in [0, 0.1) is 12.8 Å². The molecule has 0 spiro atoms. The normalized spacial score (nSPS) is 17.9. The van der Waals surface area contributed by atoms with Gasteiger partial charge < -0.3 is 5.32 Å². The lowest BCUT2D eigenvalue weighted by Gasteiger charge is -2.19. The highest BCUT2D eigenvalue weighted by Gasteiger charge is 2.25. The summed E-state index contributed by atoms with van der Waals surface area (Å²) in [6.45, 7) is 2.02. The lowest BCUT2D eigenvalue weighted by Crippen LogP contribution is -2.37. The van der Waals surface area contributed by atoms with E-state index >= 15 is 0 Å². The van der Waals surface area contributed by atoms with E-state index in [9.17, 15) is 14.4 Å². The second kappa shape index (κ2) is 7.21. The highest BCUT2D eigenvalue weighted by atomic mass is 32.1. The first-order valence-corrected chi connectivity index (χ1v) is 9.00. The molecule has 5 nitrogen and oxygen atoms in total. The number of nitrogens with zero attached hydrogens (tertiary/aromatic N) is 1. The molecular formula is C18H20N2O3S. The first-order chi connectivity index (χ1) is 11.5. The SMILES string of the molecule is Cc1ccc2nc(CC(=O)CNC(=O)[C@@H]3CCCC(=O)C3)sc2c1. The number of aryl methyl sites for hydroxylation is 1. The van der Waals surface area contributed by atoms with Gasteiger partial charge >= 0.3 is 0 Å². The minimum atomic E-state index is -0.274. The molecule has 0 unspecified atom stereocenters. The molecule has 0 bridgehead atoms. The molecule has 0 aliphatic heterocycles. The first-order valence-electron chi connectivity index (χ1n) is 8.18. The van der Waals surface area contributed by atoms with E-state index < -0.39 is 0 Å². The van der Waals surface area contributed by atoms with Crippen LogP contribution in [0.5, 0.6) is 0 Å². The summed E-state index contributed by atoms with van der Waals surface area (Å²) in [5, 5.41) is 3.44. The Morgan fingerprint density at radius 1 is 1.38 bits per heavy atom. The molecule has 1 aliphatic rings. The van der Waals surface area contributed by atoms with Crippen LogP contribution in [0.3, 0.4) is 0 Å². The molecule has 1 saturated carbocycles. The van der Waals surface area contributed by atoms with E-state index in [0.29, 0.717) is 12.8 Å². The van der Waals surface area contributed by atoms with Crippen LogP contribution in [0.1, 0.15) is 36.3 Å². The lowest BCUT2D eigenvalue weighted by atomic mass is 9.88. The van der Waals surface area contributed by atoms with Gasteiger partial charge in [0.1, 0.15) is 10.8 Å². The smallest absolute Gasteiger partial charge is 0.223 e. The van der Waals surface area contributed by atoms with Gasteiger partial charge in [-0.15, -0.1) is 11.3 Å². The number of amides is 1. The van der Waals surface area contributed by atoms with E-state index in [1.54, 1.807) is 0 Å². The summed E-state index contributed by atoms with van der Waals surface area (Å²) in [6, 6.07) is 6.01. The molecule has 6 heteroatoms. The second-order valence-electron chi connectivity index (χ2n) is 6.34. The van der Waals surface area contributed by atoms with Crippen molar-refractivity contribution in [3.8, 4) is 0 Å². The molecule has 3 rings (SSSR count). The van der Waals surface area contributed by atoms with Gasteiger partial charge in [-0.05, 0) is 37.5 Å². The monoisotopic (exact) mass is 344 g/mol. The van der Waals surface area contributed by atoms with E-state index in [1.807, 2.05) is 19.1 Å². The van der Waals surface area contributed by atoms with Crippen molar-refractivity contribution in [1.29, 1.82) is 0 Å². The Morgan fingerprint density at radius 2 is 2.21 bits per heavy atom. The van der Waals surface area contributed by atoms with Crippen LogP contribution >= 0.6 is 11.3 Å². The number of fused-ring (bicyclic) bond motifs is 1. The van der Waals surface area contributed by atoms with Crippen molar-refractivity contribution < 1.29 is 14.4 Å². The van der Waals surface area contributed by atoms with Gasteiger partial charge in [0.25, 0.3) is 0 Å². The highest BCUT2D eigenvalue weighted by molar-refractivity contribution is 7.18. The number of carbonyl (C=O) groups is 3. The number of benzene rings is 1. The van der Waals surface area contributed by atoms with Crippen LogP contribution in [0.4, 0.5) is 0 Å². The zero-order valence-corrected chi connectivity index (χ0v) is 14.4. The fourth-order valence-electron chi connectivity index (χ4n) is 2.96. The average molecular weight is 344 g/mol. The summed E-state index contributed by atoms with van der Waals surface area (Å²) in [6.07, 6.45) is 2.58. The van der Waals surface area contributed by atoms with Crippen LogP contribution in [-0.2, 0) is 20.8 Å². The Hall–Kier alpha value is -2.08. The van der Waals surface area contributed by atoms with E-state index in [-0.39, 0.29) is 36.4 Å². The fraction of sp³-hybridized carbons (Fsp3) is 0.444. The standard InChI is InChI=1S/C18H20N2O3S/c1-11-5-6-15-16(7-11)24-17(20-15)9-14(22)10-19-18(23)12-3-2-4-13(21)8-12/h5-7,12H,2-4,8-10H2,1H3,(H,19,23)/t12-/m1/s1. The summed E-state index contributed by atoms with van der Waals surface area (Å²) in [5.74, 6) is -0.389. The van der Waals surface area contributed by atoms with Crippen molar-refractivity contribution in [1.82, 2.24) is 10.3 Å². The van der Waals surface area contributed by atoms with E-state index in [1.165, 1.54) is 16.9 Å². The number of nitrogens with one attached hydrogen (secondary N) is 1. The number of Topliss-reactive ketones (excluding diaryl/α,β-unsaturated/α-hetero) is 2. The van der Waals surface area contributed by atoms with E-state index in [2.05, 4.69) is 16.4 Å². The molecule has 1 aliphatic carbocycles. The number of thiazole rings is 1. The van der Waals surface area contributed by atoms with Gasteiger partial charge in [0, 0.05) is 18.8 Å². The van der Waals surface area contributed by atoms with Crippen LogP contribution < -0.4 is 5.32 Å². The topological polar surface area (TPSA) is 76.1 Å². The first kappa shape index (κ1) is 16.8. The molecule has 0 saturated heterocycles. The third-order valence-corrected chi connectivity index (χ3v) is 5.27. The number of hydrogen-bond donors (Lipinski definition) is 1. The summed E-state index contributed by atoms with van der Waals surface area (Å²) in [7, 11) is 0. The minimum Gasteiger partial charge on any atom is -0.349 e. The number of aromatic nitrogens is 1. The Balaban J connectivity index is 1.53. The molecule has 1 aromatic carbocycles. The molecule has 2 aromatic rings. The molecule has 1 aromatic heterocycles. The second-order valence-corrected chi connectivity index (χ2v) is 7.46. The summed E-state index contributed by atoms with van der Waals surface area (Å²) < 4.78 is 1.07. The maximum absolute atomic E-state index is 12.1. The third-order valence-electron chi connectivity index (χ3n) is 4.25. The van der Waals surface area contributed by atoms with Crippen LogP contribution in [0.15, 0.2) is 18.2 Å². The molecule has 1 fully saturated rings. The number of ketones is 2. The molecule has 1 amide bonds. The molecule has 1 N–H and O–H groups in total. The quantitative estimate of drug-likeness (QED) is 0.904. The van der Waals surface area contributed by atoms with Crippen molar-refractivity contribution in [3.05, 3.63) is 28.8 Å². The lowest BCUT2D eigenvalue weighted by molar-refractivity contribution is -0.132. The van der Waals surface area contributed by atoms with Crippen LogP contribution in [0.25, 0.3) is 10.2 Å². The number of hydrogen-bond acceptors (Lipinski definition) is 5. The van der Waals surface area contributed by atoms with Gasteiger partial charge in [-0.25, -0.2) is 4.98 Å². The van der Waals surface area contributed by atoms with Gasteiger partial charge in [-0.1, -0.05) is 6.07 Å². The van der Waals surface area contributed by atoms with Crippen LogP contribution in [0.2, 0.25) is 0 Å². The molecule has 24 heavy (non-hydrogen) atoms. The Kier molecular flexibility index (Phi) is 5.04. The van der Waals surface area contributed by atoms with Crippen molar-refractivity contribution in [2.75, 3.05) is 6.54 Å². The zero-order chi connectivity index (χ0) is 17.1. The Bertz CT molecular complexity index is 797. The zero-order valence-electron chi connectivity index (χ0n) is 13.6. The number of rotatable bonds is 5. The van der Waals surface area contributed by atoms with Gasteiger partial charge in [-0.2, -0.15) is 0 Å². The predicted octanol–water partition coefficient (Wildman–Crippen LogP) is 2.59. The third kappa shape index (κ3) is 4.06. The van der Waals surface area contributed by atoms with Gasteiger partial charge in [-0.3, -0.25) is 14.4 Å². The van der Waals surface area contributed by atoms with Crippen LogP contribution in [-0.4, -0.2) is 29.0 Å². The Morgan fingerprint density at radius 3 is 3.00 bits per heavy atom. The largest absolute Gasteiger partial charge is 0.349 e. The van der Waals surface area contributed by atoms with Gasteiger partial charge in [0.2, 0.25) is 5.91 Å². The molecule has 1 atom stereocenters. The van der Waals surface area contributed by atoms with Gasteiger partial charge in [0.05, 0.1) is 23.2 Å². The summed E-state index contributed by atoms with van der Waals surface area (Å²) in [4.78, 5) is 40.0. The molecule has 126 valence electrons. The van der Waals surface area contributed by atoms with E-state index in [4.69, 9.17) is 0 Å². The summed E-state index contributed by atoms with van der Waals surface area (Å²) >= 11 is 1.51. The molecule has 0 radical (unpaired) electrons. The van der Waals surface area contributed by atoms with E-state index in [0.717, 1.165) is 28.1 Å². The predicted molar refractivity (Wildman–Crippen MR) is 93.0 cm³/mol. The maximum Gasteiger partial charge on any atom is 0.223 e. The Labute approximate surface area is 144 Å². The van der Waals surface area contributed by atoms with Crippen molar-refractivity contribution in [2.45, 2.75) is 39.0 Å². The molecule has 1 heterocycles. The summed E-state index contributed by atoms with van der Waals surface area (Å²) in [5.41, 5.74) is 2.07. The fourth-order valence-corrected chi connectivity index (χ4v) is 4.06. The molecular weight excluding hydrogens is 324 g/mol. The average Bonchev–Trinajstić information content (AvgIpc) is 2.93. The van der Waals surface area contributed by atoms with Crippen molar-refractivity contribution >= 4 is 39.0 Å².